The molecule has 0 radical (unpaired) electrons. The minimum absolute atomic E-state index is 0.0770. The van der Waals surface area contributed by atoms with Crippen LogP contribution >= 0.6 is 0 Å². The van der Waals surface area contributed by atoms with Gasteiger partial charge in [-0.25, -0.2) is 9.50 Å². The van der Waals surface area contributed by atoms with Crippen LogP contribution < -0.4 is 5.32 Å². The summed E-state index contributed by atoms with van der Waals surface area (Å²) in [7, 11) is 3.72. The van der Waals surface area contributed by atoms with Gasteiger partial charge in [0.15, 0.2) is 5.82 Å². The van der Waals surface area contributed by atoms with Crippen LogP contribution in [0.5, 0.6) is 0 Å². The largest absolute Gasteiger partial charge is 0.363 e. The Kier molecular flexibility index (Phi) is 3.26. The van der Waals surface area contributed by atoms with Gasteiger partial charge in [-0.3, -0.25) is 9.48 Å². The number of nitrogens with one attached hydrogen (secondary N) is 1. The van der Waals surface area contributed by atoms with E-state index >= 15 is 0 Å². The number of likely N-dealkylation sites (tertiary alicyclic amines) is 1. The van der Waals surface area contributed by atoms with E-state index in [2.05, 4.69) is 20.5 Å². The molecule has 1 fully saturated rings. The van der Waals surface area contributed by atoms with Crippen molar-refractivity contribution in [3.05, 3.63) is 42.1 Å². The fourth-order valence-corrected chi connectivity index (χ4v) is 3.41. The van der Waals surface area contributed by atoms with Crippen molar-refractivity contribution in [2.45, 2.75) is 25.4 Å². The Morgan fingerprint density at radius 2 is 2.12 bits per heavy atom. The summed E-state index contributed by atoms with van der Waals surface area (Å²) in [6.07, 6.45) is 5.70. The van der Waals surface area contributed by atoms with Gasteiger partial charge in [0.2, 0.25) is 5.91 Å². The Hall–Kier alpha value is -2.90. The normalized spacial score (nSPS) is 21.0. The number of aryl methyl sites for hydroxylation is 2. The molecular formula is C16H19N7O. The summed E-state index contributed by atoms with van der Waals surface area (Å²) in [6, 6.07) is 3.77. The summed E-state index contributed by atoms with van der Waals surface area (Å²) in [5, 5.41) is 12.1. The molecule has 8 heteroatoms. The molecule has 1 aliphatic heterocycles. The van der Waals surface area contributed by atoms with Crippen molar-refractivity contribution < 1.29 is 4.79 Å². The van der Waals surface area contributed by atoms with Crippen LogP contribution in [0.25, 0.3) is 5.52 Å². The van der Waals surface area contributed by atoms with Crippen LogP contribution in [0.2, 0.25) is 0 Å². The highest BCUT2D eigenvalue weighted by molar-refractivity contribution is 5.81. The van der Waals surface area contributed by atoms with Gasteiger partial charge < -0.3 is 10.2 Å². The van der Waals surface area contributed by atoms with Crippen molar-refractivity contribution in [3.8, 4) is 0 Å². The van der Waals surface area contributed by atoms with Crippen LogP contribution in [0.15, 0.2) is 30.7 Å². The van der Waals surface area contributed by atoms with Gasteiger partial charge in [-0.1, -0.05) is 0 Å². The Morgan fingerprint density at radius 3 is 2.88 bits per heavy atom. The second-order valence-electron chi connectivity index (χ2n) is 6.18. The molecule has 4 rings (SSSR count). The average Bonchev–Trinajstić information content (AvgIpc) is 3.19. The minimum Gasteiger partial charge on any atom is -0.363 e. The molecule has 1 N–H and O–H groups in total. The Labute approximate surface area is 139 Å². The molecule has 8 nitrogen and oxygen atoms in total. The molecule has 0 aliphatic carbocycles. The fourth-order valence-electron chi connectivity index (χ4n) is 3.41. The van der Waals surface area contributed by atoms with Crippen molar-refractivity contribution in [1.29, 1.82) is 0 Å². The predicted molar refractivity (Wildman–Crippen MR) is 88.5 cm³/mol. The SMILES string of the molecule is Cc1cc2c(N[C@@H]3CC(=O)N(C)[C@H]3c3ccnn3C)nccn2n1. The zero-order valence-corrected chi connectivity index (χ0v) is 13.8. The third-order valence-corrected chi connectivity index (χ3v) is 4.58. The number of carbonyl (C=O) groups excluding carboxylic acids is 1. The number of anilines is 1. The maximum atomic E-state index is 12.3. The summed E-state index contributed by atoms with van der Waals surface area (Å²) in [5.74, 6) is 0.841. The first kappa shape index (κ1) is 14.7. The number of rotatable bonds is 3. The number of hydrogen-bond donors (Lipinski definition) is 1. The molecule has 0 saturated carbocycles. The first-order valence-electron chi connectivity index (χ1n) is 7.85. The third kappa shape index (κ3) is 2.22. The molecule has 3 aromatic heterocycles. The zero-order chi connectivity index (χ0) is 16.8. The van der Waals surface area contributed by atoms with Crippen molar-refractivity contribution in [3.63, 3.8) is 0 Å². The lowest BCUT2D eigenvalue weighted by Crippen LogP contribution is -2.31. The summed E-state index contributed by atoms with van der Waals surface area (Å²) >= 11 is 0. The molecule has 4 heterocycles. The smallest absolute Gasteiger partial charge is 0.225 e. The van der Waals surface area contributed by atoms with Crippen LogP contribution in [0.4, 0.5) is 5.82 Å². The third-order valence-electron chi connectivity index (χ3n) is 4.58. The molecule has 0 unspecified atom stereocenters. The van der Waals surface area contributed by atoms with Gasteiger partial charge in [0.05, 0.1) is 23.5 Å². The van der Waals surface area contributed by atoms with E-state index in [-0.39, 0.29) is 18.0 Å². The molecule has 1 aliphatic rings. The number of amides is 1. The first-order valence-corrected chi connectivity index (χ1v) is 7.85. The molecule has 24 heavy (non-hydrogen) atoms. The van der Waals surface area contributed by atoms with Crippen LogP contribution in [-0.2, 0) is 11.8 Å². The van der Waals surface area contributed by atoms with Gasteiger partial charge in [0, 0.05) is 39.1 Å². The van der Waals surface area contributed by atoms with Gasteiger partial charge in [-0.05, 0) is 19.1 Å². The van der Waals surface area contributed by atoms with Crippen molar-refractivity contribution in [2.24, 2.45) is 7.05 Å². The van der Waals surface area contributed by atoms with E-state index in [9.17, 15) is 4.79 Å². The number of carbonyl (C=O) groups is 1. The molecule has 0 spiro atoms. The number of hydrogen-bond acceptors (Lipinski definition) is 5. The maximum absolute atomic E-state index is 12.3. The van der Waals surface area contributed by atoms with Gasteiger partial charge in [0.25, 0.3) is 0 Å². The van der Waals surface area contributed by atoms with Crippen molar-refractivity contribution >= 4 is 17.2 Å². The van der Waals surface area contributed by atoms with Gasteiger partial charge in [-0.15, -0.1) is 0 Å². The van der Waals surface area contributed by atoms with Crippen molar-refractivity contribution in [2.75, 3.05) is 12.4 Å². The van der Waals surface area contributed by atoms with E-state index in [0.29, 0.717) is 6.42 Å². The standard InChI is InChI=1S/C16H19N7O/c1-10-8-13-16(17-6-7-23(13)20-10)19-11-9-14(24)21(2)15(11)12-4-5-18-22(12)3/h4-8,11,15H,9H2,1-3H3,(H,17,19)/t11-,15-/m1/s1. The summed E-state index contributed by atoms with van der Waals surface area (Å²) < 4.78 is 3.61. The van der Waals surface area contributed by atoms with E-state index in [1.54, 1.807) is 21.8 Å². The Morgan fingerprint density at radius 1 is 1.29 bits per heavy atom. The number of aromatic nitrogens is 5. The van der Waals surface area contributed by atoms with Crippen LogP contribution in [0.1, 0.15) is 23.9 Å². The Balaban J connectivity index is 1.72. The summed E-state index contributed by atoms with van der Waals surface area (Å²) in [4.78, 5) is 18.5. The van der Waals surface area contributed by atoms with Crippen LogP contribution in [-0.4, -0.2) is 48.3 Å². The molecular weight excluding hydrogens is 306 g/mol. The summed E-state index contributed by atoms with van der Waals surface area (Å²) in [6.45, 7) is 1.95. The number of fused-ring (bicyclic) bond motifs is 1. The van der Waals surface area contributed by atoms with E-state index in [4.69, 9.17) is 0 Å². The van der Waals surface area contributed by atoms with E-state index in [0.717, 1.165) is 22.7 Å². The van der Waals surface area contributed by atoms with Crippen molar-refractivity contribution in [1.82, 2.24) is 29.3 Å². The molecule has 1 amide bonds. The quantitative estimate of drug-likeness (QED) is 0.781. The van der Waals surface area contributed by atoms with E-state index in [1.165, 1.54) is 0 Å². The van der Waals surface area contributed by atoms with Crippen LogP contribution in [0.3, 0.4) is 0 Å². The molecule has 2 atom stereocenters. The predicted octanol–water partition coefficient (Wildman–Crippen LogP) is 1.16. The number of likely N-dealkylation sites (N-methyl/N-ethyl adjacent to an activating group) is 1. The monoisotopic (exact) mass is 325 g/mol. The van der Waals surface area contributed by atoms with Gasteiger partial charge in [0.1, 0.15) is 5.52 Å². The van der Waals surface area contributed by atoms with E-state index < -0.39 is 0 Å². The number of nitrogens with zero attached hydrogens (tertiary/aromatic N) is 6. The molecule has 124 valence electrons. The van der Waals surface area contributed by atoms with Gasteiger partial charge >= 0.3 is 0 Å². The average molecular weight is 325 g/mol. The lowest BCUT2D eigenvalue weighted by atomic mass is 10.1. The van der Waals surface area contributed by atoms with E-state index in [1.807, 2.05) is 44.0 Å². The lowest BCUT2D eigenvalue weighted by molar-refractivity contribution is -0.127. The molecule has 0 bridgehead atoms. The van der Waals surface area contributed by atoms with Gasteiger partial charge in [-0.2, -0.15) is 10.2 Å². The fraction of sp³-hybridized carbons (Fsp3) is 0.375. The minimum atomic E-state index is -0.0870. The molecule has 3 aromatic rings. The lowest BCUT2D eigenvalue weighted by Gasteiger charge is -2.26. The highest BCUT2D eigenvalue weighted by atomic mass is 16.2. The zero-order valence-electron chi connectivity index (χ0n) is 13.8. The topological polar surface area (TPSA) is 80.4 Å². The maximum Gasteiger partial charge on any atom is 0.225 e. The Bertz CT molecular complexity index is 912. The molecule has 0 aromatic carbocycles. The van der Waals surface area contributed by atoms with Crippen LogP contribution in [0, 0.1) is 6.92 Å². The first-order chi connectivity index (χ1) is 11.5. The second kappa shape index (κ2) is 5.33. The second-order valence-corrected chi connectivity index (χ2v) is 6.18. The summed E-state index contributed by atoms with van der Waals surface area (Å²) in [5.41, 5.74) is 2.83. The molecule has 1 saturated heterocycles. The highest BCUT2D eigenvalue weighted by Gasteiger charge is 2.40. The highest BCUT2D eigenvalue weighted by Crippen LogP contribution is 2.34.